The highest BCUT2D eigenvalue weighted by atomic mass is 35.5. The fourth-order valence-electron chi connectivity index (χ4n) is 3.50. The monoisotopic (exact) mass is 349 g/mol. The summed E-state index contributed by atoms with van der Waals surface area (Å²) in [5.41, 5.74) is 0. The van der Waals surface area contributed by atoms with Crippen LogP contribution in [-0.2, 0) is 4.79 Å². The number of amides is 1. The van der Waals surface area contributed by atoms with Gasteiger partial charge in [0, 0.05) is 51.3 Å². The Morgan fingerprint density at radius 1 is 1.08 bits per heavy atom. The number of anilines is 1. The molecule has 2 aliphatic heterocycles. The molecular formula is C17H24ClN5O. The van der Waals surface area contributed by atoms with Gasteiger partial charge in [0.15, 0.2) is 0 Å². The number of hydrogen-bond acceptors (Lipinski definition) is 5. The molecule has 3 fully saturated rings. The van der Waals surface area contributed by atoms with Crippen molar-refractivity contribution >= 4 is 23.3 Å². The summed E-state index contributed by atoms with van der Waals surface area (Å²) < 4.78 is 0. The molecule has 4 rings (SSSR count). The minimum absolute atomic E-state index is 0.280. The zero-order chi connectivity index (χ0) is 16.5. The van der Waals surface area contributed by atoms with Crippen molar-refractivity contribution in [3.05, 3.63) is 17.0 Å². The van der Waals surface area contributed by atoms with E-state index in [1.165, 1.54) is 12.8 Å². The number of piperazine rings is 1. The van der Waals surface area contributed by atoms with Crippen molar-refractivity contribution in [2.45, 2.75) is 31.6 Å². The van der Waals surface area contributed by atoms with Gasteiger partial charge in [0.2, 0.25) is 5.91 Å². The van der Waals surface area contributed by atoms with Gasteiger partial charge in [-0.3, -0.25) is 9.69 Å². The van der Waals surface area contributed by atoms with E-state index in [2.05, 4.69) is 14.8 Å². The van der Waals surface area contributed by atoms with Crippen molar-refractivity contribution in [1.82, 2.24) is 19.8 Å². The molecule has 0 atom stereocenters. The topological polar surface area (TPSA) is 52.6 Å². The smallest absolute Gasteiger partial charge is 0.236 e. The zero-order valence-corrected chi connectivity index (χ0v) is 14.7. The van der Waals surface area contributed by atoms with Crippen LogP contribution < -0.4 is 4.90 Å². The number of rotatable bonds is 4. The summed E-state index contributed by atoms with van der Waals surface area (Å²) in [5, 5.41) is 0.536. The third-order valence-corrected chi connectivity index (χ3v) is 5.35. The van der Waals surface area contributed by atoms with Crippen LogP contribution in [-0.4, -0.2) is 71.5 Å². The minimum atomic E-state index is 0.280. The van der Waals surface area contributed by atoms with Gasteiger partial charge in [-0.1, -0.05) is 11.6 Å². The van der Waals surface area contributed by atoms with E-state index in [1.807, 2.05) is 11.0 Å². The first-order chi connectivity index (χ1) is 11.7. The van der Waals surface area contributed by atoms with Crippen LogP contribution in [0.1, 0.15) is 37.4 Å². The Kier molecular flexibility index (Phi) is 4.59. The molecule has 1 aromatic heterocycles. The second kappa shape index (κ2) is 6.84. The highest BCUT2D eigenvalue weighted by molar-refractivity contribution is 6.29. The van der Waals surface area contributed by atoms with Crippen molar-refractivity contribution in [3.8, 4) is 0 Å². The fourth-order valence-corrected chi connectivity index (χ4v) is 3.69. The van der Waals surface area contributed by atoms with Gasteiger partial charge in [0.1, 0.15) is 16.8 Å². The van der Waals surface area contributed by atoms with Gasteiger partial charge >= 0.3 is 0 Å². The van der Waals surface area contributed by atoms with Gasteiger partial charge in [-0.05, 0) is 25.7 Å². The molecule has 7 heteroatoms. The summed E-state index contributed by atoms with van der Waals surface area (Å²) in [4.78, 5) is 27.8. The summed E-state index contributed by atoms with van der Waals surface area (Å²) >= 11 is 6.17. The molecule has 0 radical (unpaired) electrons. The molecule has 6 nitrogen and oxygen atoms in total. The SMILES string of the molecule is O=C(CN1CCN(c2cc(Cl)nc(C3CC3)n2)CC1)N1CCCC1. The average Bonchev–Trinajstić information content (AvgIpc) is 3.29. The molecule has 3 aliphatic rings. The van der Waals surface area contributed by atoms with Crippen LogP contribution in [0.15, 0.2) is 6.07 Å². The van der Waals surface area contributed by atoms with Crippen molar-refractivity contribution in [2.75, 3.05) is 50.7 Å². The summed E-state index contributed by atoms with van der Waals surface area (Å²) in [7, 11) is 0. The largest absolute Gasteiger partial charge is 0.354 e. The maximum atomic E-state index is 12.3. The maximum Gasteiger partial charge on any atom is 0.236 e. The second-order valence-electron chi connectivity index (χ2n) is 7.03. The van der Waals surface area contributed by atoms with Crippen molar-refractivity contribution in [1.29, 1.82) is 0 Å². The van der Waals surface area contributed by atoms with Crippen LogP contribution in [0.25, 0.3) is 0 Å². The highest BCUT2D eigenvalue weighted by Gasteiger charge is 2.29. The lowest BCUT2D eigenvalue weighted by Gasteiger charge is -2.35. The maximum absolute atomic E-state index is 12.3. The Balaban J connectivity index is 1.33. The molecule has 1 saturated carbocycles. The van der Waals surface area contributed by atoms with Crippen LogP contribution in [0, 0.1) is 0 Å². The van der Waals surface area contributed by atoms with Gasteiger partial charge < -0.3 is 9.80 Å². The summed E-state index contributed by atoms with van der Waals surface area (Å²) in [5.74, 6) is 2.61. The van der Waals surface area contributed by atoms with Gasteiger partial charge in [-0.2, -0.15) is 0 Å². The molecule has 24 heavy (non-hydrogen) atoms. The lowest BCUT2D eigenvalue weighted by molar-refractivity contribution is -0.131. The Bertz CT molecular complexity index is 607. The number of halogens is 1. The molecule has 0 unspecified atom stereocenters. The summed E-state index contributed by atoms with van der Waals surface area (Å²) in [6.07, 6.45) is 4.65. The standard InChI is InChI=1S/C17H24ClN5O/c18-14-11-15(20-17(19-14)13-3-4-13)22-9-7-21(8-10-22)12-16(24)23-5-1-2-6-23/h11,13H,1-10,12H2. The van der Waals surface area contributed by atoms with E-state index in [4.69, 9.17) is 16.6 Å². The van der Waals surface area contributed by atoms with E-state index in [0.29, 0.717) is 17.6 Å². The van der Waals surface area contributed by atoms with Crippen molar-refractivity contribution in [3.63, 3.8) is 0 Å². The Morgan fingerprint density at radius 2 is 1.79 bits per heavy atom. The number of carbonyl (C=O) groups is 1. The highest BCUT2D eigenvalue weighted by Crippen LogP contribution is 2.39. The van der Waals surface area contributed by atoms with Crippen LogP contribution in [0.2, 0.25) is 5.15 Å². The Morgan fingerprint density at radius 3 is 2.46 bits per heavy atom. The van der Waals surface area contributed by atoms with E-state index >= 15 is 0 Å². The first-order valence-electron chi connectivity index (χ1n) is 8.98. The first kappa shape index (κ1) is 16.1. The molecule has 1 aromatic rings. The summed E-state index contributed by atoms with van der Waals surface area (Å²) in [6.45, 7) is 5.95. The Hall–Kier alpha value is -1.40. The van der Waals surface area contributed by atoms with E-state index in [0.717, 1.165) is 63.8 Å². The molecule has 1 amide bonds. The first-order valence-corrected chi connectivity index (χ1v) is 9.36. The van der Waals surface area contributed by atoms with Crippen LogP contribution >= 0.6 is 11.6 Å². The molecule has 0 spiro atoms. The lowest BCUT2D eigenvalue weighted by Crippen LogP contribution is -2.50. The molecule has 0 N–H and O–H groups in total. The molecule has 2 saturated heterocycles. The third-order valence-electron chi connectivity index (χ3n) is 5.16. The molecule has 1 aliphatic carbocycles. The quantitative estimate of drug-likeness (QED) is 0.775. The second-order valence-corrected chi connectivity index (χ2v) is 7.42. The Labute approximate surface area is 147 Å². The molecule has 3 heterocycles. The van der Waals surface area contributed by atoms with Gasteiger partial charge in [0.25, 0.3) is 0 Å². The lowest BCUT2D eigenvalue weighted by atomic mass is 10.3. The van der Waals surface area contributed by atoms with Crippen LogP contribution in [0.3, 0.4) is 0 Å². The van der Waals surface area contributed by atoms with Gasteiger partial charge in [-0.15, -0.1) is 0 Å². The molecule has 0 bridgehead atoms. The number of carbonyl (C=O) groups excluding carboxylic acids is 1. The fraction of sp³-hybridized carbons (Fsp3) is 0.706. The number of aromatic nitrogens is 2. The average molecular weight is 350 g/mol. The normalized spacial score (nSPS) is 22.2. The van der Waals surface area contributed by atoms with E-state index in [9.17, 15) is 4.79 Å². The predicted octanol–water partition coefficient (Wildman–Crippen LogP) is 1.75. The van der Waals surface area contributed by atoms with Crippen molar-refractivity contribution in [2.24, 2.45) is 0 Å². The molecule has 130 valence electrons. The number of nitrogens with zero attached hydrogens (tertiary/aromatic N) is 5. The van der Waals surface area contributed by atoms with E-state index < -0.39 is 0 Å². The zero-order valence-electron chi connectivity index (χ0n) is 14.0. The van der Waals surface area contributed by atoms with Crippen LogP contribution in [0.5, 0.6) is 0 Å². The van der Waals surface area contributed by atoms with Crippen LogP contribution in [0.4, 0.5) is 5.82 Å². The molecule has 0 aromatic carbocycles. The number of likely N-dealkylation sites (tertiary alicyclic amines) is 1. The van der Waals surface area contributed by atoms with E-state index in [-0.39, 0.29) is 5.91 Å². The predicted molar refractivity (Wildman–Crippen MR) is 93.5 cm³/mol. The number of hydrogen-bond donors (Lipinski definition) is 0. The molecular weight excluding hydrogens is 326 g/mol. The van der Waals surface area contributed by atoms with Gasteiger partial charge in [-0.25, -0.2) is 9.97 Å². The summed E-state index contributed by atoms with van der Waals surface area (Å²) in [6, 6.07) is 1.86. The third kappa shape index (κ3) is 3.64. The van der Waals surface area contributed by atoms with Gasteiger partial charge in [0.05, 0.1) is 6.54 Å². The van der Waals surface area contributed by atoms with E-state index in [1.54, 1.807) is 0 Å². The van der Waals surface area contributed by atoms with Crippen molar-refractivity contribution < 1.29 is 4.79 Å². The minimum Gasteiger partial charge on any atom is -0.354 e.